The predicted octanol–water partition coefficient (Wildman–Crippen LogP) is 8.79. The highest BCUT2D eigenvalue weighted by Crippen LogP contribution is 2.41. The molecule has 0 bridgehead atoms. The summed E-state index contributed by atoms with van der Waals surface area (Å²) >= 11 is 0. The van der Waals surface area contributed by atoms with Gasteiger partial charge in [0.15, 0.2) is 0 Å². The first kappa shape index (κ1) is 36.8. The summed E-state index contributed by atoms with van der Waals surface area (Å²) in [6, 6.07) is 13.0. The largest absolute Gasteiger partial charge is 0.508 e. The van der Waals surface area contributed by atoms with E-state index in [9.17, 15) is 40.6 Å². The molecule has 0 atom stereocenters. The Bertz CT molecular complexity index is 1370. The Balaban J connectivity index is 1.36. The molecule has 5 nitrogen and oxygen atoms in total. The van der Waals surface area contributed by atoms with Crippen molar-refractivity contribution in [3.8, 4) is 11.5 Å². The lowest BCUT2D eigenvalue weighted by molar-refractivity contribution is -0.284. The van der Waals surface area contributed by atoms with Crippen LogP contribution in [0.4, 0.5) is 22.0 Å². The lowest BCUT2D eigenvalue weighted by Crippen LogP contribution is -2.36. The summed E-state index contributed by atoms with van der Waals surface area (Å²) in [5.74, 6) is -5.21. The number of sulfone groups is 1. The second-order valence-electron chi connectivity index (χ2n) is 12.2. The number of aromatic hydroxyl groups is 2. The highest BCUT2D eigenvalue weighted by Gasteiger charge is 2.56. The Morgan fingerprint density at radius 1 is 0.778 bits per heavy atom. The van der Waals surface area contributed by atoms with Crippen LogP contribution in [0.1, 0.15) is 93.7 Å². The van der Waals surface area contributed by atoms with E-state index >= 15 is 0 Å². The molecule has 3 rings (SSSR count). The van der Waals surface area contributed by atoms with Gasteiger partial charge in [0.2, 0.25) is 0 Å². The van der Waals surface area contributed by atoms with Crippen molar-refractivity contribution in [2.45, 2.75) is 95.6 Å². The first-order valence-electron chi connectivity index (χ1n) is 15.9. The van der Waals surface area contributed by atoms with E-state index < -0.39 is 40.5 Å². The van der Waals surface area contributed by atoms with Crippen LogP contribution in [-0.2, 0) is 16.3 Å². The molecule has 0 heterocycles. The van der Waals surface area contributed by atoms with Crippen molar-refractivity contribution in [3.05, 3.63) is 59.2 Å². The molecule has 0 spiro atoms. The minimum absolute atomic E-state index is 0.205. The Kier molecular flexibility index (Phi) is 13.7. The van der Waals surface area contributed by atoms with Gasteiger partial charge in [-0.1, -0.05) is 37.5 Å². The number of fused-ring (bicyclic) bond motifs is 1. The number of aryl methyl sites for hydroxylation is 1. The lowest BCUT2D eigenvalue weighted by Gasteiger charge is -2.19. The van der Waals surface area contributed by atoms with Crippen LogP contribution in [0, 0.1) is 0 Å². The summed E-state index contributed by atoms with van der Waals surface area (Å²) in [6.45, 7) is 1.70. The Morgan fingerprint density at radius 3 is 2.11 bits per heavy atom. The normalized spacial score (nSPS) is 14.6. The minimum Gasteiger partial charge on any atom is -0.508 e. The average Bonchev–Trinajstić information content (AvgIpc) is 3.12. The van der Waals surface area contributed by atoms with Crippen molar-refractivity contribution in [3.63, 3.8) is 0 Å². The van der Waals surface area contributed by atoms with Gasteiger partial charge in [0, 0.05) is 6.42 Å². The third kappa shape index (κ3) is 11.9. The van der Waals surface area contributed by atoms with E-state index in [0.717, 1.165) is 82.0 Å². The maximum atomic E-state index is 13.0. The zero-order valence-electron chi connectivity index (χ0n) is 26.0. The van der Waals surface area contributed by atoms with Gasteiger partial charge in [0.05, 0.1) is 11.5 Å². The number of rotatable bonds is 18. The first-order valence-corrected chi connectivity index (χ1v) is 17.7. The SMILES string of the molecule is CN(CCCCCCC1=C(c2cccc(O)c2)CCCc2cc(O)ccc21)CCCCCS(=O)(=O)CCCC(F)(F)C(F)(F)F. The fourth-order valence-corrected chi connectivity index (χ4v) is 7.37. The maximum Gasteiger partial charge on any atom is 0.453 e. The number of benzene rings is 2. The summed E-state index contributed by atoms with van der Waals surface area (Å²) < 4.78 is 86.7. The van der Waals surface area contributed by atoms with Crippen LogP contribution in [-0.4, -0.2) is 67.3 Å². The van der Waals surface area contributed by atoms with Crippen molar-refractivity contribution in [2.75, 3.05) is 31.6 Å². The van der Waals surface area contributed by atoms with Gasteiger partial charge in [0.25, 0.3) is 0 Å². The van der Waals surface area contributed by atoms with Gasteiger partial charge >= 0.3 is 12.1 Å². The predicted molar refractivity (Wildman–Crippen MR) is 169 cm³/mol. The molecule has 2 aromatic carbocycles. The smallest absolute Gasteiger partial charge is 0.453 e. The molecule has 252 valence electrons. The standard InChI is InChI=1S/C34H46F5NO4S/c1-40(21-7-4-8-22-45(43,44)23-11-19-33(35,36)34(37,38)39)20-6-3-2-5-15-32-30(26-12-9-14-28(41)24-26)16-10-13-27-25-29(42)17-18-31(27)32/h9,12,14,17-18,24-25,41-42H,2-8,10-11,13,15-16,19-23H2,1H3. The quantitative estimate of drug-likeness (QED) is 0.124. The molecule has 2 N–H and O–H groups in total. The molecule has 0 aliphatic heterocycles. The van der Waals surface area contributed by atoms with E-state index in [4.69, 9.17) is 0 Å². The number of unbranched alkanes of at least 4 members (excludes halogenated alkanes) is 5. The summed E-state index contributed by atoms with van der Waals surface area (Å²) in [5, 5.41) is 20.2. The van der Waals surface area contributed by atoms with Crippen LogP contribution in [0.5, 0.6) is 11.5 Å². The molecule has 0 fully saturated rings. The number of alkyl halides is 5. The Morgan fingerprint density at radius 2 is 1.42 bits per heavy atom. The molecule has 0 aromatic heterocycles. The van der Waals surface area contributed by atoms with E-state index in [0.29, 0.717) is 12.8 Å². The molecule has 11 heteroatoms. The zero-order chi connectivity index (χ0) is 33.1. The maximum absolute atomic E-state index is 13.0. The van der Waals surface area contributed by atoms with E-state index in [1.807, 2.05) is 37.4 Å². The average molecular weight is 660 g/mol. The van der Waals surface area contributed by atoms with Crippen LogP contribution >= 0.6 is 0 Å². The van der Waals surface area contributed by atoms with Gasteiger partial charge < -0.3 is 15.1 Å². The van der Waals surface area contributed by atoms with Crippen molar-refractivity contribution in [1.29, 1.82) is 0 Å². The molecule has 0 amide bonds. The number of phenols is 2. The van der Waals surface area contributed by atoms with Crippen molar-refractivity contribution in [2.24, 2.45) is 0 Å². The van der Waals surface area contributed by atoms with Crippen molar-refractivity contribution in [1.82, 2.24) is 4.90 Å². The van der Waals surface area contributed by atoms with Crippen molar-refractivity contribution < 1.29 is 40.6 Å². The number of nitrogens with zero attached hydrogens (tertiary/aromatic N) is 1. The van der Waals surface area contributed by atoms with Gasteiger partial charge in [-0.2, -0.15) is 22.0 Å². The van der Waals surface area contributed by atoms with Gasteiger partial charge in [-0.3, -0.25) is 0 Å². The zero-order valence-corrected chi connectivity index (χ0v) is 26.8. The number of halogens is 5. The fourth-order valence-electron chi connectivity index (χ4n) is 5.94. The Hall–Kier alpha value is -2.66. The van der Waals surface area contributed by atoms with E-state index in [2.05, 4.69) is 4.90 Å². The summed E-state index contributed by atoms with van der Waals surface area (Å²) in [4.78, 5) is 2.20. The molecular formula is C34H46F5NO4S. The van der Waals surface area contributed by atoms with E-state index in [-0.39, 0.29) is 17.3 Å². The van der Waals surface area contributed by atoms with Crippen molar-refractivity contribution >= 4 is 21.0 Å². The second kappa shape index (κ2) is 16.8. The number of phenolic OH excluding ortho intramolecular Hbond substituents is 2. The van der Waals surface area contributed by atoms with Crippen LogP contribution in [0.15, 0.2) is 42.5 Å². The third-order valence-corrected chi connectivity index (χ3v) is 10.2. The lowest BCUT2D eigenvalue weighted by atomic mass is 9.89. The van der Waals surface area contributed by atoms with Crippen LogP contribution < -0.4 is 0 Å². The van der Waals surface area contributed by atoms with Crippen LogP contribution in [0.3, 0.4) is 0 Å². The Labute approximate surface area is 264 Å². The van der Waals surface area contributed by atoms with Crippen LogP contribution in [0.2, 0.25) is 0 Å². The molecule has 1 aliphatic carbocycles. The molecule has 1 aliphatic rings. The highest BCUT2D eigenvalue weighted by molar-refractivity contribution is 7.91. The molecule has 0 saturated carbocycles. The molecule has 0 radical (unpaired) electrons. The summed E-state index contributed by atoms with van der Waals surface area (Å²) in [5.41, 5.74) is 5.91. The van der Waals surface area contributed by atoms with Gasteiger partial charge in [-0.15, -0.1) is 0 Å². The number of allylic oxidation sites excluding steroid dienone is 2. The molecule has 0 unspecified atom stereocenters. The van der Waals surface area contributed by atoms with Gasteiger partial charge in [-0.05, 0) is 130 Å². The van der Waals surface area contributed by atoms with Gasteiger partial charge in [-0.25, -0.2) is 8.42 Å². The summed E-state index contributed by atoms with van der Waals surface area (Å²) in [7, 11) is -1.65. The molecule has 45 heavy (non-hydrogen) atoms. The topological polar surface area (TPSA) is 77.8 Å². The third-order valence-electron chi connectivity index (χ3n) is 8.42. The molecule has 0 saturated heterocycles. The summed E-state index contributed by atoms with van der Waals surface area (Å²) in [6.07, 6.45) is 1.73. The van der Waals surface area contributed by atoms with Crippen LogP contribution in [0.25, 0.3) is 11.1 Å². The minimum atomic E-state index is -5.66. The number of hydrogen-bond donors (Lipinski definition) is 2. The number of hydrogen-bond acceptors (Lipinski definition) is 5. The first-order chi connectivity index (χ1) is 21.2. The monoisotopic (exact) mass is 659 g/mol. The van der Waals surface area contributed by atoms with E-state index in [1.165, 1.54) is 16.7 Å². The van der Waals surface area contributed by atoms with E-state index in [1.54, 1.807) is 12.1 Å². The molecular weight excluding hydrogens is 613 g/mol. The fraction of sp³-hybridized carbons (Fsp3) is 0.588. The van der Waals surface area contributed by atoms with Gasteiger partial charge in [0.1, 0.15) is 21.3 Å². The molecule has 2 aromatic rings. The second-order valence-corrected chi connectivity index (χ2v) is 14.5. The highest BCUT2D eigenvalue weighted by atomic mass is 32.2.